The first-order valence-corrected chi connectivity index (χ1v) is 4.46. The van der Waals surface area contributed by atoms with Crippen molar-refractivity contribution in [2.45, 2.75) is 32.1 Å². The van der Waals surface area contributed by atoms with E-state index in [1.165, 1.54) is 24.7 Å². The minimum Gasteiger partial charge on any atom is -0.469 e. The van der Waals surface area contributed by atoms with E-state index in [2.05, 4.69) is 11.6 Å². The fourth-order valence-corrected chi connectivity index (χ4v) is 1.83. The summed E-state index contributed by atoms with van der Waals surface area (Å²) in [4.78, 5) is 8.77. The van der Waals surface area contributed by atoms with Gasteiger partial charge in [-0.1, -0.05) is 25.7 Å². The van der Waals surface area contributed by atoms with Crippen molar-refractivity contribution in [2.24, 2.45) is 11.8 Å². The maximum atomic E-state index is 8.77. The van der Waals surface area contributed by atoms with Crippen molar-refractivity contribution < 1.29 is 9.90 Å². The summed E-state index contributed by atoms with van der Waals surface area (Å²) in [5, 5.41) is 7.18. The highest BCUT2D eigenvalue weighted by molar-refractivity contribution is 6.60. The number of halogens is 1. The molecule has 2 fully saturated rings. The van der Waals surface area contributed by atoms with Crippen LogP contribution in [0.1, 0.15) is 32.1 Å². The van der Waals surface area contributed by atoms with Crippen molar-refractivity contribution in [3.05, 3.63) is 0 Å². The van der Waals surface area contributed by atoms with Gasteiger partial charge in [0.25, 0.3) is 0 Å². The molecule has 2 aliphatic carbocycles. The normalized spacial score (nSPS) is 32.8. The fourth-order valence-electron chi connectivity index (χ4n) is 1.83. The predicted octanol–water partition coefficient (Wildman–Crippen LogP) is 3.10. The number of hydrogen-bond acceptors (Lipinski definition) is 1. The molecule has 3 heteroatoms. The lowest BCUT2D eigenvalue weighted by Crippen LogP contribution is -1.91. The summed E-state index contributed by atoms with van der Waals surface area (Å²) in [6.07, 6.45) is 7.76. The lowest BCUT2D eigenvalue weighted by Gasteiger charge is -2.05. The molecule has 2 saturated carbocycles. The van der Waals surface area contributed by atoms with Crippen LogP contribution < -0.4 is 0 Å². The number of fused-ring (bicyclic) bond motifs is 1. The van der Waals surface area contributed by atoms with E-state index in [1.54, 1.807) is 19.3 Å². The van der Waals surface area contributed by atoms with Gasteiger partial charge in [0.05, 0.1) is 0 Å². The maximum absolute atomic E-state index is 8.77. The van der Waals surface area contributed by atoms with E-state index in [4.69, 9.17) is 9.90 Å². The summed E-state index contributed by atoms with van der Waals surface area (Å²) in [6, 6.07) is 0. The molecule has 64 valence electrons. The molecule has 2 aliphatic rings. The Hall–Kier alpha value is -0.240. The Morgan fingerprint density at radius 2 is 1.64 bits per heavy atom. The molecule has 0 heterocycles. The van der Waals surface area contributed by atoms with Gasteiger partial charge in [-0.3, -0.25) is 0 Å². The van der Waals surface area contributed by atoms with Crippen molar-refractivity contribution in [1.82, 2.24) is 0 Å². The molecule has 2 unspecified atom stereocenters. The van der Waals surface area contributed by atoms with Gasteiger partial charge in [-0.2, -0.15) is 0 Å². The number of carbonyl (C=O) groups is 1. The minimum atomic E-state index is -1.36. The van der Waals surface area contributed by atoms with E-state index in [1.807, 2.05) is 0 Å². The number of carboxylic acid groups (broad SMARTS) is 1. The molecule has 0 spiro atoms. The predicted molar refractivity (Wildman–Crippen MR) is 43.9 cm³/mol. The van der Waals surface area contributed by atoms with Crippen LogP contribution in [0.5, 0.6) is 0 Å². The van der Waals surface area contributed by atoms with E-state index in [-0.39, 0.29) is 0 Å². The van der Waals surface area contributed by atoms with Gasteiger partial charge in [0.2, 0.25) is 0 Å². The van der Waals surface area contributed by atoms with E-state index in [0.717, 1.165) is 0 Å². The molecule has 0 saturated heterocycles. The molecule has 2 rings (SSSR count). The quantitative estimate of drug-likeness (QED) is 0.576. The second kappa shape index (κ2) is 3.96. The van der Waals surface area contributed by atoms with Crippen molar-refractivity contribution in [3.8, 4) is 0 Å². The first-order chi connectivity index (χ1) is 5.20. The number of rotatable bonds is 0. The van der Waals surface area contributed by atoms with Crippen LogP contribution in [0.3, 0.4) is 0 Å². The summed E-state index contributed by atoms with van der Waals surface area (Å²) < 4.78 is 0. The molecule has 2 nitrogen and oxygen atoms in total. The lowest BCUT2D eigenvalue weighted by atomic mass is 10.0. The first-order valence-electron chi connectivity index (χ1n) is 4.08. The van der Waals surface area contributed by atoms with E-state index in [9.17, 15) is 0 Å². The monoisotopic (exact) mass is 176 g/mol. The molecule has 0 aliphatic heterocycles. The third-order valence-electron chi connectivity index (χ3n) is 2.47. The van der Waals surface area contributed by atoms with Crippen molar-refractivity contribution in [2.75, 3.05) is 0 Å². The van der Waals surface area contributed by atoms with Gasteiger partial charge in [0.15, 0.2) is 0 Å². The molecule has 0 radical (unpaired) electrons. The Kier molecular flexibility index (Phi) is 3.18. The molecular formula is C8H13ClO2. The molecular weight excluding hydrogens is 164 g/mol. The van der Waals surface area contributed by atoms with Crippen LogP contribution in [0.4, 0.5) is 4.79 Å². The first kappa shape index (κ1) is 8.85. The SMILES string of the molecule is C1CCC2CC2C1.O=C(O)Cl. The third kappa shape index (κ3) is 3.61. The van der Waals surface area contributed by atoms with Gasteiger partial charge < -0.3 is 5.11 Å². The molecule has 0 aromatic heterocycles. The summed E-state index contributed by atoms with van der Waals surface area (Å²) in [6.45, 7) is 0. The van der Waals surface area contributed by atoms with Crippen LogP contribution in [-0.4, -0.2) is 10.5 Å². The summed E-state index contributed by atoms with van der Waals surface area (Å²) in [7, 11) is 0. The van der Waals surface area contributed by atoms with E-state index >= 15 is 0 Å². The highest BCUT2D eigenvalue weighted by Gasteiger charge is 2.37. The van der Waals surface area contributed by atoms with Crippen LogP contribution in [0, 0.1) is 11.8 Å². The Bertz CT molecular complexity index is 133. The molecule has 2 atom stereocenters. The van der Waals surface area contributed by atoms with Gasteiger partial charge in [0, 0.05) is 11.6 Å². The van der Waals surface area contributed by atoms with Crippen LogP contribution in [0.25, 0.3) is 0 Å². The topological polar surface area (TPSA) is 37.3 Å². The van der Waals surface area contributed by atoms with Crippen molar-refractivity contribution in [3.63, 3.8) is 0 Å². The van der Waals surface area contributed by atoms with Crippen LogP contribution in [0.2, 0.25) is 0 Å². The molecule has 11 heavy (non-hydrogen) atoms. The van der Waals surface area contributed by atoms with Crippen LogP contribution >= 0.6 is 11.6 Å². The maximum Gasteiger partial charge on any atom is 0.401 e. The summed E-state index contributed by atoms with van der Waals surface area (Å²) in [5.41, 5.74) is -1.36. The van der Waals surface area contributed by atoms with Gasteiger partial charge in [-0.05, 0) is 18.3 Å². The Morgan fingerprint density at radius 1 is 1.27 bits per heavy atom. The molecule has 0 amide bonds. The molecule has 1 N–H and O–H groups in total. The average molecular weight is 177 g/mol. The minimum absolute atomic E-state index is 1.20. The standard InChI is InChI=1S/C7H12.CHClO2/c1-2-4-7-5-6(7)3-1;2-1(3)4/h6-7H,1-5H2;(H,3,4). The zero-order valence-corrected chi connectivity index (χ0v) is 7.18. The molecule has 0 aromatic carbocycles. The van der Waals surface area contributed by atoms with Gasteiger partial charge in [0.1, 0.15) is 0 Å². The van der Waals surface area contributed by atoms with Gasteiger partial charge in [-0.15, -0.1) is 0 Å². The van der Waals surface area contributed by atoms with Crippen molar-refractivity contribution >= 4 is 17.0 Å². The van der Waals surface area contributed by atoms with Crippen LogP contribution in [-0.2, 0) is 0 Å². The molecule has 0 bridgehead atoms. The highest BCUT2D eigenvalue weighted by atomic mass is 35.5. The van der Waals surface area contributed by atoms with E-state index in [0.29, 0.717) is 0 Å². The fraction of sp³-hybridized carbons (Fsp3) is 0.875. The largest absolute Gasteiger partial charge is 0.469 e. The lowest BCUT2D eigenvalue weighted by molar-refractivity contribution is 0.220. The second-order valence-electron chi connectivity index (χ2n) is 3.29. The van der Waals surface area contributed by atoms with E-state index < -0.39 is 5.43 Å². The van der Waals surface area contributed by atoms with Crippen LogP contribution in [0.15, 0.2) is 0 Å². The highest BCUT2D eigenvalue weighted by Crippen LogP contribution is 2.49. The third-order valence-corrected chi connectivity index (χ3v) is 2.47. The Morgan fingerprint density at radius 3 is 1.91 bits per heavy atom. The Labute approximate surface area is 71.5 Å². The molecule has 0 aromatic rings. The van der Waals surface area contributed by atoms with Crippen molar-refractivity contribution in [1.29, 1.82) is 0 Å². The second-order valence-corrected chi connectivity index (χ2v) is 3.62. The Balaban J connectivity index is 0.000000134. The zero-order valence-electron chi connectivity index (χ0n) is 6.42. The van der Waals surface area contributed by atoms with Gasteiger partial charge in [-0.25, -0.2) is 4.79 Å². The summed E-state index contributed by atoms with van der Waals surface area (Å²) in [5.74, 6) is 2.41. The number of hydrogen-bond donors (Lipinski definition) is 1. The smallest absolute Gasteiger partial charge is 0.401 e. The zero-order chi connectivity index (χ0) is 8.27. The van der Waals surface area contributed by atoms with Gasteiger partial charge >= 0.3 is 5.43 Å². The average Bonchev–Trinajstić information content (AvgIpc) is 2.62. The summed E-state index contributed by atoms with van der Waals surface area (Å²) >= 11 is 4.19.